The monoisotopic (exact) mass is 277 g/mol. The predicted molar refractivity (Wildman–Crippen MR) is 84.0 cm³/mol. The van der Waals surface area contributed by atoms with Gasteiger partial charge in [0.05, 0.1) is 0 Å². The van der Waals surface area contributed by atoms with Gasteiger partial charge in [-0.05, 0) is 45.0 Å². The van der Waals surface area contributed by atoms with Crippen LogP contribution in [-0.4, -0.2) is 55.7 Å². The highest BCUT2D eigenvalue weighted by Gasteiger charge is 2.32. The molecule has 1 saturated carbocycles. The molecular weight excluding hydrogens is 250 g/mol. The standard InChI is InChI=1S/C15H27N5/c1-16-15(17-8-11-20-9-4-5-10-20)18-12-14(19(2)3)13-6-7-13/h4-5,9-10,13-14H,6-8,11-12H2,1-3H3,(H2,16,17,18). The first-order valence-corrected chi connectivity index (χ1v) is 7.42. The third-order valence-electron chi connectivity index (χ3n) is 3.86. The SMILES string of the molecule is CN=C(NCCn1cccc1)NCC(C1CC1)N(C)C. The molecule has 20 heavy (non-hydrogen) atoms. The van der Waals surface area contributed by atoms with E-state index >= 15 is 0 Å². The summed E-state index contributed by atoms with van der Waals surface area (Å²) in [5.74, 6) is 1.75. The van der Waals surface area contributed by atoms with Gasteiger partial charge in [-0.1, -0.05) is 0 Å². The minimum absolute atomic E-state index is 0.609. The van der Waals surface area contributed by atoms with Crippen molar-refractivity contribution < 1.29 is 0 Å². The van der Waals surface area contributed by atoms with E-state index in [-0.39, 0.29) is 0 Å². The second-order valence-corrected chi connectivity index (χ2v) is 5.67. The minimum atomic E-state index is 0.609. The molecule has 1 unspecified atom stereocenters. The van der Waals surface area contributed by atoms with Crippen LogP contribution in [0.25, 0.3) is 0 Å². The molecule has 0 bridgehead atoms. The lowest BCUT2D eigenvalue weighted by atomic mass is 10.1. The Morgan fingerprint density at radius 2 is 2.00 bits per heavy atom. The van der Waals surface area contributed by atoms with E-state index in [9.17, 15) is 0 Å². The van der Waals surface area contributed by atoms with E-state index in [4.69, 9.17) is 0 Å². The van der Waals surface area contributed by atoms with Crippen molar-refractivity contribution in [1.82, 2.24) is 20.1 Å². The second kappa shape index (κ2) is 7.33. The van der Waals surface area contributed by atoms with Crippen molar-refractivity contribution in [3.05, 3.63) is 24.5 Å². The second-order valence-electron chi connectivity index (χ2n) is 5.67. The van der Waals surface area contributed by atoms with Crippen LogP contribution in [0.2, 0.25) is 0 Å². The molecule has 1 fully saturated rings. The van der Waals surface area contributed by atoms with Crippen LogP contribution in [0, 0.1) is 5.92 Å². The van der Waals surface area contributed by atoms with Crippen molar-refractivity contribution in [2.75, 3.05) is 34.2 Å². The van der Waals surface area contributed by atoms with E-state index in [1.165, 1.54) is 12.8 Å². The third-order valence-corrected chi connectivity index (χ3v) is 3.86. The molecule has 5 heteroatoms. The van der Waals surface area contributed by atoms with Crippen molar-refractivity contribution >= 4 is 5.96 Å². The minimum Gasteiger partial charge on any atom is -0.355 e. The molecule has 0 spiro atoms. The molecule has 1 heterocycles. The van der Waals surface area contributed by atoms with Crippen LogP contribution in [0.5, 0.6) is 0 Å². The average molecular weight is 277 g/mol. The maximum atomic E-state index is 4.28. The van der Waals surface area contributed by atoms with E-state index < -0.39 is 0 Å². The van der Waals surface area contributed by atoms with Gasteiger partial charge in [0.2, 0.25) is 0 Å². The lowest BCUT2D eigenvalue weighted by Crippen LogP contribution is -2.46. The molecule has 0 saturated heterocycles. The number of guanidine groups is 1. The van der Waals surface area contributed by atoms with Crippen molar-refractivity contribution in [3.8, 4) is 0 Å². The molecule has 2 rings (SSSR count). The van der Waals surface area contributed by atoms with Crippen LogP contribution in [0.3, 0.4) is 0 Å². The zero-order valence-corrected chi connectivity index (χ0v) is 12.8. The largest absolute Gasteiger partial charge is 0.355 e. The van der Waals surface area contributed by atoms with E-state index in [0.717, 1.165) is 31.5 Å². The number of aromatic nitrogens is 1. The normalized spacial score (nSPS) is 17.3. The van der Waals surface area contributed by atoms with Gasteiger partial charge in [0.25, 0.3) is 0 Å². The lowest BCUT2D eigenvalue weighted by Gasteiger charge is -2.25. The average Bonchev–Trinajstić information content (AvgIpc) is 3.12. The number of nitrogens with one attached hydrogen (secondary N) is 2. The number of aliphatic imine (C=N–C) groups is 1. The molecular formula is C15H27N5. The summed E-state index contributed by atoms with van der Waals surface area (Å²) in [5, 5.41) is 6.80. The highest BCUT2D eigenvalue weighted by molar-refractivity contribution is 5.79. The summed E-state index contributed by atoms with van der Waals surface area (Å²) in [6, 6.07) is 4.70. The summed E-state index contributed by atoms with van der Waals surface area (Å²) in [7, 11) is 6.15. The molecule has 1 aliphatic carbocycles. The van der Waals surface area contributed by atoms with Crippen LogP contribution in [0.4, 0.5) is 0 Å². The van der Waals surface area contributed by atoms with Gasteiger partial charge >= 0.3 is 0 Å². The smallest absolute Gasteiger partial charge is 0.191 e. The van der Waals surface area contributed by atoms with Gasteiger partial charge < -0.3 is 20.1 Å². The summed E-state index contributed by atoms with van der Waals surface area (Å²) in [6.07, 6.45) is 6.88. The first-order chi connectivity index (χ1) is 9.70. The van der Waals surface area contributed by atoms with Gasteiger partial charge in [0, 0.05) is 45.1 Å². The van der Waals surface area contributed by atoms with Crippen LogP contribution >= 0.6 is 0 Å². The fourth-order valence-electron chi connectivity index (χ4n) is 2.50. The van der Waals surface area contributed by atoms with Gasteiger partial charge in [0.15, 0.2) is 5.96 Å². The Kier molecular flexibility index (Phi) is 5.47. The number of likely N-dealkylation sites (N-methyl/N-ethyl adjacent to an activating group) is 1. The Labute approximate surface area is 122 Å². The van der Waals surface area contributed by atoms with Crippen LogP contribution in [-0.2, 0) is 6.54 Å². The molecule has 5 nitrogen and oxygen atoms in total. The van der Waals surface area contributed by atoms with Crippen LogP contribution < -0.4 is 10.6 Å². The topological polar surface area (TPSA) is 44.6 Å². The zero-order valence-electron chi connectivity index (χ0n) is 12.8. The highest BCUT2D eigenvalue weighted by atomic mass is 15.2. The Morgan fingerprint density at radius 1 is 1.30 bits per heavy atom. The highest BCUT2D eigenvalue weighted by Crippen LogP contribution is 2.34. The molecule has 1 aliphatic rings. The van der Waals surface area contributed by atoms with Crippen molar-refractivity contribution in [2.24, 2.45) is 10.9 Å². The van der Waals surface area contributed by atoms with Crippen molar-refractivity contribution in [1.29, 1.82) is 0 Å². The van der Waals surface area contributed by atoms with Gasteiger partial charge in [-0.2, -0.15) is 0 Å². The number of rotatable bonds is 7. The maximum Gasteiger partial charge on any atom is 0.191 e. The third kappa shape index (κ3) is 4.56. The van der Waals surface area contributed by atoms with Gasteiger partial charge in [0.1, 0.15) is 0 Å². The Bertz CT molecular complexity index is 404. The number of hydrogen-bond acceptors (Lipinski definition) is 2. The Hall–Kier alpha value is -1.49. The van der Waals surface area contributed by atoms with Crippen LogP contribution in [0.15, 0.2) is 29.5 Å². The molecule has 2 N–H and O–H groups in total. The summed E-state index contributed by atoms with van der Waals surface area (Å²) in [5.41, 5.74) is 0. The molecule has 1 aromatic rings. The molecule has 112 valence electrons. The molecule has 1 aromatic heterocycles. The molecule has 0 radical (unpaired) electrons. The fourth-order valence-corrected chi connectivity index (χ4v) is 2.50. The van der Waals surface area contributed by atoms with Gasteiger partial charge in [-0.25, -0.2) is 0 Å². The first kappa shape index (κ1) is 14.9. The van der Waals surface area contributed by atoms with E-state index in [2.05, 4.69) is 51.6 Å². The molecule has 1 atom stereocenters. The zero-order chi connectivity index (χ0) is 14.4. The van der Waals surface area contributed by atoms with Crippen LogP contribution in [0.1, 0.15) is 12.8 Å². The van der Waals surface area contributed by atoms with E-state index in [0.29, 0.717) is 6.04 Å². The molecule has 0 amide bonds. The van der Waals surface area contributed by atoms with E-state index in [1.807, 2.05) is 19.2 Å². The predicted octanol–water partition coefficient (Wildman–Crippen LogP) is 0.993. The maximum absolute atomic E-state index is 4.28. The quantitative estimate of drug-likeness (QED) is 0.577. The molecule has 0 aromatic carbocycles. The van der Waals surface area contributed by atoms with Gasteiger partial charge in [-0.15, -0.1) is 0 Å². The number of nitrogens with zero attached hydrogens (tertiary/aromatic N) is 3. The lowest BCUT2D eigenvalue weighted by molar-refractivity contribution is 0.264. The van der Waals surface area contributed by atoms with Crippen molar-refractivity contribution in [3.63, 3.8) is 0 Å². The fraction of sp³-hybridized carbons (Fsp3) is 0.667. The summed E-state index contributed by atoms with van der Waals surface area (Å²) < 4.78 is 2.16. The van der Waals surface area contributed by atoms with E-state index in [1.54, 1.807) is 0 Å². The number of hydrogen-bond donors (Lipinski definition) is 2. The first-order valence-electron chi connectivity index (χ1n) is 7.42. The summed E-state index contributed by atoms with van der Waals surface area (Å²) >= 11 is 0. The summed E-state index contributed by atoms with van der Waals surface area (Å²) in [6.45, 7) is 2.79. The Balaban J connectivity index is 1.69. The summed E-state index contributed by atoms with van der Waals surface area (Å²) in [4.78, 5) is 6.60. The molecule has 0 aliphatic heterocycles. The van der Waals surface area contributed by atoms with Gasteiger partial charge in [-0.3, -0.25) is 4.99 Å². The van der Waals surface area contributed by atoms with Crippen molar-refractivity contribution in [2.45, 2.75) is 25.4 Å². The Morgan fingerprint density at radius 3 is 2.55 bits per heavy atom.